The molecular weight excluding hydrogens is 318 g/mol. The molecule has 3 aromatic rings. The van der Waals surface area contributed by atoms with Gasteiger partial charge in [0.1, 0.15) is 24.1 Å². The van der Waals surface area contributed by atoms with Gasteiger partial charge in [0.25, 0.3) is 0 Å². The van der Waals surface area contributed by atoms with Crippen molar-refractivity contribution in [1.29, 1.82) is 0 Å². The SMILES string of the molecule is Cc1ccc(-c2ccc(-c3cc(F)c(CF)c(F)c3)c(F)c2)nc1. The van der Waals surface area contributed by atoms with Crippen LogP contribution in [-0.2, 0) is 6.67 Å². The van der Waals surface area contributed by atoms with Crippen LogP contribution in [0.2, 0.25) is 0 Å². The lowest BCUT2D eigenvalue weighted by atomic mass is 10.00. The third-order valence-electron chi connectivity index (χ3n) is 3.76. The highest BCUT2D eigenvalue weighted by atomic mass is 19.1. The molecule has 1 aromatic heterocycles. The fourth-order valence-electron chi connectivity index (χ4n) is 2.43. The summed E-state index contributed by atoms with van der Waals surface area (Å²) < 4.78 is 54.4. The monoisotopic (exact) mass is 331 g/mol. The van der Waals surface area contributed by atoms with Crippen LogP contribution in [0.1, 0.15) is 11.1 Å². The molecule has 0 fully saturated rings. The molecule has 0 radical (unpaired) electrons. The van der Waals surface area contributed by atoms with E-state index in [1.807, 2.05) is 13.0 Å². The van der Waals surface area contributed by atoms with E-state index in [-0.39, 0.29) is 11.1 Å². The van der Waals surface area contributed by atoms with Crippen molar-refractivity contribution in [2.24, 2.45) is 0 Å². The van der Waals surface area contributed by atoms with Crippen LogP contribution in [-0.4, -0.2) is 4.98 Å². The number of pyridine rings is 1. The molecule has 3 rings (SSSR count). The van der Waals surface area contributed by atoms with Crippen molar-refractivity contribution >= 4 is 0 Å². The van der Waals surface area contributed by atoms with Gasteiger partial charge < -0.3 is 0 Å². The van der Waals surface area contributed by atoms with Crippen LogP contribution in [0.4, 0.5) is 17.6 Å². The highest BCUT2D eigenvalue weighted by Crippen LogP contribution is 2.30. The number of aryl methyl sites for hydroxylation is 1. The minimum Gasteiger partial charge on any atom is -0.256 e. The molecule has 0 saturated heterocycles. The topological polar surface area (TPSA) is 12.9 Å². The lowest BCUT2D eigenvalue weighted by molar-refractivity contribution is 0.440. The molecular formula is C19H13F4N. The molecule has 0 bridgehead atoms. The fraction of sp³-hybridized carbons (Fsp3) is 0.105. The van der Waals surface area contributed by atoms with Crippen LogP contribution in [0.15, 0.2) is 48.7 Å². The van der Waals surface area contributed by atoms with E-state index >= 15 is 0 Å². The number of alkyl halides is 1. The third-order valence-corrected chi connectivity index (χ3v) is 3.76. The lowest BCUT2D eigenvalue weighted by Crippen LogP contribution is -1.96. The van der Waals surface area contributed by atoms with Gasteiger partial charge in [0.15, 0.2) is 0 Å². The maximum Gasteiger partial charge on any atom is 0.132 e. The summed E-state index contributed by atoms with van der Waals surface area (Å²) >= 11 is 0. The molecule has 0 aliphatic rings. The lowest BCUT2D eigenvalue weighted by Gasteiger charge is -2.09. The summed E-state index contributed by atoms with van der Waals surface area (Å²) in [5.41, 5.74) is 1.53. The van der Waals surface area contributed by atoms with Crippen LogP contribution < -0.4 is 0 Å². The van der Waals surface area contributed by atoms with Gasteiger partial charge in [0.2, 0.25) is 0 Å². The quantitative estimate of drug-likeness (QED) is 0.568. The predicted molar refractivity (Wildman–Crippen MR) is 84.5 cm³/mol. The van der Waals surface area contributed by atoms with Crippen molar-refractivity contribution in [3.63, 3.8) is 0 Å². The molecule has 0 spiro atoms. The van der Waals surface area contributed by atoms with E-state index in [1.54, 1.807) is 18.3 Å². The Morgan fingerprint density at radius 3 is 2.04 bits per heavy atom. The van der Waals surface area contributed by atoms with E-state index in [2.05, 4.69) is 4.98 Å². The second kappa shape index (κ2) is 6.43. The number of nitrogens with zero attached hydrogens (tertiary/aromatic N) is 1. The van der Waals surface area contributed by atoms with E-state index in [4.69, 9.17) is 0 Å². The van der Waals surface area contributed by atoms with Gasteiger partial charge in [-0.1, -0.05) is 18.2 Å². The summed E-state index contributed by atoms with van der Waals surface area (Å²) in [4.78, 5) is 4.21. The maximum atomic E-state index is 14.4. The number of benzene rings is 2. The normalized spacial score (nSPS) is 10.9. The Labute approximate surface area is 136 Å². The Balaban J connectivity index is 2.03. The second-order valence-corrected chi connectivity index (χ2v) is 5.47. The van der Waals surface area contributed by atoms with E-state index in [9.17, 15) is 17.6 Å². The van der Waals surface area contributed by atoms with Gasteiger partial charge in [-0.05, 0) is 42.3 Å². The van der Waals surface area contributed by atoms with Crippen LogP contribution in [0.3, 0.4) is 0 Å². The molecule has 0 aliphatic carbocycles. The molecule has 1 heterocycles. The highest BCUT2D eigenvalue weighted by Gasteiger charge is 2.15. The van der Waals surface area contributed by atoms with Gasteiger partial charge in [-0.15, -0.1) is 0 Å². The van der Waals surface area contributed by atoms with Gasteiger partial charge in [0, 0.05) is 17.3 Å². The molecule has 2 aromatic carbocycles. The molecule has 5 heteroatoms. The van der Waals surface area contributed by atoms with Gasteiger partial charge in [-0.25, -0.2) is 17.6 Å². The third kappa shape index (κ3) is 3.02. The van der Waals surface area contributed by atoms with Crippen LogP contribution in [0, 0.1) is 24.4 Å². The van der Waals surface area contributed by atoms with Crippen LogP contribution in [0.5, 0.6) is 0 Å². The summed E-state index contributed by atoms with van der Waals surface area (Å²) in [6, 6.07) is 9.78. The summed E-state index contributed by atoms with van der Waals surface area (Å²) in [6.07, 6.45) is 1.67. The molecule has 1 nitrogen and oxygen atoms in total. The van der Waals surface area contributed by atoms with Gasteiger partial charge >= 0.3 is 0 Å². The average Bonchev–Trinajstić information content (AvgIpc) is 2.55. The number of hydrogen-bond donors (Lipinski definition) is 0. The molecule has 0 aliphatic heterocycles. The highest BCUT2D eigenvalue weighted by molar-refractivity contribution is 5.70. The first-order valence-electron chi connectivity index (χ1n) is 7.26. The minimum atomic E-state index is -1.25. The molecule has 0 saturated carbocycles. The fourth-order valence-corrected chi connectivity index (χ4v) is 2.43. The number of rotatable bonds is 3. The first-order valence-corrected chi connectivity index (χ1v) is 7.26. The molecule has 0 atom stereocenters. The standard InChI is InChI=1S/C19H13F4N/c1-11-2-5-19(24-10-11)12-3-4-14(16(21)6-12)13-7-17(22)15(9-20)18(23)8-13/h2-8,10H,9H2,1H3. The van der Waals surface area contributed by atoms with Crippen LogP contribution >= 0.6 is 0 Å². The minimum absolute atomic E-state index is 0.0168. The summed E-state index contributed by atoms with van der Waals surface area (Å²) in [5.74, 6) is -2.70. The van der Waals surface area contributed by atoms with E-state index in [0.717, 1.165) is 17.7 Å². The molecule has 0 N–H and O–H groups in total. The smallest absolute Gasteiger partial charge is 0.132 e. The van der Waals surface area contributed by atoms with Crippen molar-refractivity contribution < 1.29 is 17.6 Å². The second-order valence-electron chi connectivity index (χ2n) is 5.47. The maximum absolute atomic E-state index is 14.4. The van der Waals surface area contributed by atoms with Crippen LogP contribution in [0.25, 0.3) is 22.4 Å². The van der Waals surface area contributed by atoms with Crippen molar-refractivity contribution in [2.45, 2.75) is 13.6 Å². The van der Waals surface area contributed by atoms with Crippen molar-refractivity contribution in [2.75, 3.05) is 0 Å². The zero-order chi connectivity index (χ0) is 17.3. The summed E-state index contributed by atoms with van der Waals surface area (Å²) in [7, 11) is 0. The van der Waals surface area contributed by atoms with Crippen molar-refractivity contribution in [1.82, 2.24) is 4.98 Å². The summed E-state index contributed by atoms with van der Waals surface area (Å²) in [5, 5.41) is 0. The zero-order valence-corrected chi connectivity index (χ0v) is 12.8. The molecule has 0 amide bonds. The number of halogens is 4. The van der Waals surface area contributed by atoms with Gasteiger partial charge in [-0.3, -0.25) is 4.98 Å². The first kappa shape index (κ1) is 16.2. The van der Waals surface area contributed by atoms with Crippen molar-refractivity contribution in [3.05, 3.63) is 77.2 Å². The average molecular weight is 331 g/mol. The van der Waals surface area contributed by atoms with E-state index in [1.165, 1.54) is 12.1 Å². The van der Waals surface area contributed by atoms with E-state index < -0.39 is 29.7 Å². The zero-order valence-electron chi connectivity index (χ0n) is 12.8. The predicted octanol–water partition coefficient (Wildman–Crippen LogP) is 5.61. The van der Waals surface area contributed by atoms with Gasteiger partial charge in [0.05, 0.1) is 11.3 Å². The number of hydrogen-bond acceptors (Lipinski definition) is 1. The van der Waals surface area contributed by atoms with Crippen molar-refractivity contribution in [3.8, 4) is 22.4 Å². The Hall–Kier alpha value is -2.69. The Bertz CT molecular complexity index is 865. The van der Waals surface area contributed by atoms with Gasteiger partial charge in [-0.2, -0.15) is 0 Å². The first-order chi connectivity index (χ1) is 11.5. The number of aromatic nitrogens is 1. The summed E-state index contributed by atoms with van der Waals surface area (Å²) in [6.45, 7) is 0.642. The molecule has 24 heavy (non-hydrogen) atoms. The van der Waals surface area contributed by atoms with E-state index in [0.29, 0.717) is 11.3 Å². The Kier molecular flexibility index (Phi) is 4.34. The Morgan fingerprint density at radius 2 is 1.50 bits per heavy atom. The Morgan fingerprint density at radius 1 is 0.833 bits per heavy atom. The molecule has 0 unspecified atom stereocenters. The molecule has 122 valence electrons. The largest absolute Gasteiger partial charge is 0.256 e.